The van der Waals surface area contributed by atoms with Crippen LogP contribution in [0.15, 0.2) is 0 Å². The van der Waals surface area contributed by atoms with Gasteiger partial charge in [0.15, 0.2) is 0 Å². The van der Waals surface area contributed by atoms with E-state index in [1.165, 1.54) is 12.8 Å². The Morgan fingerprint density at radius 3 is 1.22 bits per heavy atom. The molecule has 3 nitrogen and oxygen atoms in total. The Balaban J connectivity index is -0.0000000646. The molecule has 0 unspecified atom stereocenters. The first kappa shape index (κ1) is 16.2. The van der Waals surface area contributed by atoms with Crippen molar-refractivity contribution in [1.29, 1.82) is 0 Å². The second kappa shape index (κ2) is 39.2. The number of hydrogen-bond donors (Lipinski definition) is 0. The molecule has 0 N–H and O–H groups in total. The zero-order valence-electron chi connectivity index (χ0n) is 5.85. The van der Waals surface area contributed by atoms with Crippen LogP contribution >= 0.6 is 0 Å². The molecule has 0 aromatic heterocycles. The maximum atomic E-state index is 8.50. The second-order valence-corrected chi connectivity index (χ2v) is 1.43. The molecular formula is C4H11AlGeO3. The minimum atomic E-state index is -2.00. The molecule has 9 heavy (non-hydrogen) atoms. The molecule has 0 spiro atoms. The molecule has 0 aliphatic heterocycles. The van der Waals surface area contributed by atoms with Crippen molar-refractivity contribution in [2.45, 2.75) is 26.7 Å². The first-order chi connectivity index (χ1) is 4.33. The van der Waals surface area contributed by atoms with Gasteiger partial charge < -0.3 is 0 Å². The summed E-state index contributed by atoms with van der Waals surface area (Å²) in [4.78, 5) is 0. The number of unbranched alkanes of at least 4 members (excludes halogenated alkanes) is 1. The minimum absolute atomic E-state index is 0.611. The molecular weight excluding hydrogens is 196 g/mol. The first-order valence-electron chi connectivity index (χ1n) is 2.61. The van der Waals surface area contributed by atoms with E-state index in [0.29, 0.717) is 16.2 Å². The monoisotopic (exact) mass is 208 g/mol. The molecule has 0 fully saturated rings. The summed E-state index contributed by atoms with van der Waals surface area (Å²) in [6.07, 6.45) is 2.64. The second-order valence-electron chi connectivity index (χ2n) is 1.08. The van der Waals surface area contributed by atoms with Gasteiger partial charge in [0.1, 0.15) is 0 Å². The molecule has 0 aliphatic rings. The summed E-state index contributed by atoms with van der Waals surface area (Å²) in [6.45, 7) is 4.36. The number of rotatable bonds is 1. The standard InChI is InChI=1S/C4H10.Al.GeO2.O.H/c1-3-4-2;;2-1-3;;/h3-4H2,1-2H3;;;;. The third-order valence-corrected chi connectivity index (χ3v) is 0.500. The fourth-order valence-electron chi connectivity index (χ4n) is 0. The van der Waals surface area contributed by atoms with Gasteiger partial charge in [-0.2, -0.15) is 0 Å². The van der Waals surface area contributed by atoms with Crippen LogP contribution in [0.4, 0.5) is 0 Å². The van der Waals surface area contributed by atoms with Crippen molar-refractivity contribution in [3.05, 3.63) is 0 Å². The molecule has 0 aliphatic carbocycles. The Morgan fingerprint density at radius 1 is 1.11 bits per heavy atom. The van der Waals surface area contributed by atoms with Gasteiger partial charge in [0, 0.05) is 0 Å². The Labute approximate surface area is 69.7 Å². The van der Waals surface area contributed by atoms with E-state index in [4.69, 9.17) is 11.4 Å². The van der Waals surface area contributed by atoms with Crippen molar-refractivity contribution in [3.8, 4) is 0 Å². The van der Waals surface area contributed by atoms with E-state index in [0.717, 1.165) is 0 Å². The summed E-state index contributed by atoms with van der Waals surface area (Å²) < 4.78 is 25.3. The van der Waals surface area contributed by atoms with Crippen LogP contribution < -0.4 is 0 Å². The third-order valence-electron chi connectivity index (χ3n) is 0.500. The van der Waals surface area contributed by atoms with E-state index in [1.54, 1.807) is 0 Å². The van der Waals surface area contributed by atoms with E-state index in [1.807, 2.05) is 0 Å². The summed E-state index contributed by atoms with van der Waals surface area (Å²) in [6, 6.07) is 0. The van der Waals surface area contributed by atoms with Crippen molar-refractivity contribution in [2.75, 3.05) is 0 Å². The van der Waals surface area contributed by atoms with Crippen molar-refractivity contribution < 1.29 is 11.4 Å². The van der Waals surface area contributed by atoms with E-state index >= 15 is 0 Å². The van der Waals surface area contributed by atoms with Crippen molar-refractivity contribution in [3.63, 3.8) is 0 Å². The van der Waals surface area contributed by atoms with Gasteiger partial charge in [-0.15, -0.1) is 0 Å². The molecule has 0 bridgehead atoms. The SMILES string of the molecule is CCCC.[O]=[AlH].[O]=[Ge]=[O]. The van der Waals surface area contributed by atoms with E-state index in [-0.39, 0.29) is 0 Å². The van der Waals surface area contributed by atoms with Crippen LogP contribution in [-0.4, -0.2) is 31.5 Å². The molecule has 0 rings (SSSR count). The van der Waals surface area contributed by atoms with Crippen molar-refractivity contribution in [2.24, 2.45) is 0 Å². The molecule has 0 aromatic rings. The van der Waals surface area contributed by atoms with Gasteiger partial charge in [0.25, 0.3) is 0 Å². The van der Waals surface area contributed by atoms with E-state index in [2.05, 4.69) is 13.8 Å². The summed E-state index contributed by atoms with van der Waals surface area (Å²) in [5.74, 6) is 0. The zero-order valence-corrected chi connectivity index (χ0v) is 9.36. The van der Waals surface area contributed by atoms with E-state index in [9.17, 15) is 0 Å². The van der Waals surface area contributed by atoms with Crippen LogP contribution in [0.25, 0.3) is 0 Å². The van der Waals surface area contributed by atoms with Crippen LogP contribution in [0.3, 0.4) is 0 Å². The average Bonchev–Trinajstić information content (AvgIpc) is 1.94. The molecule has 0 saturated carbocycles. The molecule has 0 atom stereocenters. The molecule has 0 aromatic carbocycles. The predicted octanol–water partition coefficient (Wildman–Crippen LogP) is 0.421. The topological polar surface area (TPSA) is 51.2 Å². The summed E-state index contributed by atoms with van der Waals surface area (Å²) in [7, 11) is 0. The van der Waals surface area contributed by atoms with Crippen LogP contribution in [0, 0.1) is 0 Å². The molecule has 52 valence electrons. The zero-order chi connectivity index (χ0) is 8.12. The number of hydrogen-bond acceptors (Lipinski definition) is 3. The normalized spacial score (nSPS) is 4.56. The summed E-state index contributed by atoms with van der Waals surface area (Å²) >= 11 is -1.39. The van der Waals surface area contributed by atoms with Crippen molar-refractivity contribution >= 4 is 31.5 Å². The average molecular weight is 207 g/mol. The Hall–Kier alpha value is 0.475. The predicted molar refractivity (Wildman–Crippen MR) is 35.5 cm³/mol. The van der Waals surface area contributed by atoms with Gasteiger partial charge in [0.05, 0.1) is 0 Å². The van der Waals surface area contributed by atoms with Crippen LogP contribution in [-0.2, 0) is 11.4 Å². The quantitative estimate of drug-likeness (QED) is 0.585. The van der Waals surface area contributed by atoms with Crippen LogP contribution in [0.2, 0.25) is 0 Å². The van der Waals surface area contributed by atoms with Gasteiger partial charge in [0.2, 0.25) is 0 Å². The Bertz CT molecular complexity index is 60.8. The summed E-state index contributed by atoms with van der Waals surface area (Å²) in [5.41, 5.74) is 0. The van der Waals surface area contributed by atoms with E-state index < -0.39 is 15.3 Å². The molecule has 0 saturated heterocycles. The Morgan fingerprint density at radius 2 is 1.22 bits per heavy atom. The molecule has 0 radical (unpaired) electrons. The third kappa shape index (κ3) is 163. The van der Waals surface area contributed by atoms with Gasteiger partial charge in [-0.1, -0.05) is 26.7 Å². The fraction of sp³-hybridized carbons (Fsp3) is 1.00. The van der Waals surface area contributed by atoms with Crippen LogP contribution in [0.5, 0.6) is 0 Å². The maximum absolute atomic E-state index is 8.50. The molecule has 5 heteroatoms. The first-order valence-corrected chi connectivity index (χ1v) is 4.90. The summed E-state index contributed by atoms with van der Waals surface area (Å²) in [5, 5.41) is 0. The van der Waals surface area contributed by atoms with Crippen molar-refractivity contribution in [1.82, 2.24) is 0 Å². The van der Waals surface area contributed by atoms with Gasteiger partial charge in [-0.25, -0.2) is 0 Å². The fourth-order valence-corrected chi connectivity index (χ4v) is 0. The van der Waals surface area contributed by atoms with Gasteiger partial charge in [-0.3, -0.25) is 0 Å². The molecule has 0 amide bonds. The van der Waals surface area contributed by atoms with Gasteiger partial charge >= 0.3 is 42.9 Å². The van der Waals surface area contributed by atoms with Crippen LogP contribution in [0.1, 0.15) is 26.7 Å². The van der Waals surface area contributed by atoms with Gasteiger partial charge in [-0.05, 0) is 0 Å². The molecule has 0 heterocycles. The Kier molecular flexibility index (Phi) is 70.7.